The van der Waals surface area contributed by atoms with Crippen LogP contribution in [0.5, 0.6) is 0 Å². The van der Waals surface area contributed by atoms with Crippen molar-refractivity contribution in [2.75, 3.05) is 4.72 Å². The van der Waals surface area contributed by atoms with Crippen LogP contribution in [0.3, 0.4) is 0 Å². The molecule has 29 heavy (non-hydrogen) atoms. The molecule has 6 rings (SSSR count). The molecule has 7 heteroatoms. The van der Waals surface area contributed by atoms with Gasteiger partial charge in [-0.15, -0.1) is 0 Å². The summed E-state index contributed by atoms with van der Waals surface area (Å²) in [5, 5.41) is 10.7. The molecule has 0 heterocycles. The molecule has 2 aromatic carbocycles. The molecule has 0 saturated heterocycles. The van der Waals surface area contributed by atoms with Crippen LogP contribution in [0.4, 0.5) is 11.4 Å². The predicted octanol–water partition coefficient (Wildman–Crippen LogP) is 4.94. The Hall–Kier alpha value is -2.41. The molecule has 0 aromatic heterocycles. The van der Waals surface area contributed by atoms with Gasteiger partial charge < -0.3 is 0 Å². The maximum Gasteiger partial charge on any atom is 0.269 e. The average Bonchev–Trinajstić information content (AvgIpc) is 2.68. The van der Waals surface area contributed by atoms with Gasteiger partial charge in [0.1, 0.15) is 0 Å². The zero-order valence-electron chi connectivity index (χ0n) is 16.0. The largest absolute Gasteiger partial charge is 0.280 e. The number of nitro groups is 1. The number of sulfonamides is 1. The number of hydrogen-bond donors (Lipinski definition) is 1. The van der Waals surface area contributed by atoms with E-state index in [1.54, 1.807) is 0 Å². The first kappa shape index (κ1) is 18.6. The molecule has 4 saturated carbocycles. The lowest BCUT2D eigenvalue weighted by Gasteiger charge is -2.54. The molecule has 6 nitrogen and oxygen atoms in total. The molecule has 4 bridgehead atoms. The Morgan fingerprint density at radius 3 is 1.90 bits per heavy atom. The number of nitrogens with zero attached hydrogens (tertiary/aromatic N) is 1. The van der Waals surface area contributed by atoms with Gasteiger partial charge in [-0.25, -0.2) is 8.42 Å². The first-order valence-electron chi connectivity index (χ1n) is 10.3. The summed E-state index contributed by atoms with van der Waals surface area (Å²) in [6, 6.07) is 12.7. The average molecular weight is 413 g/mol. The van der Waals surface area contributed by atoms with Crippen LogP contribution in [0, 0.1) is 33.8 Å². The van der Waals surface area contributed by atoms with E-state index in [0.717, 1.165) is 23.7 Å². The predicted molar refractivity (Wildman–Crippen MR) is 110 cm³/mol. The minimum Gasteiger partial charge on any atom is -0.280 e. The van der Waals surface area contributed by atoms with Crippen LogP contribution in [-0.2, 0) is 10.0 Å². The fourth-order valence-corrected chi connectivity index (χ4v) is 7.26. The molecular weight excluding hydrogens is 388 g/mol. The number of nitro benzene ring substituents is 1. The topological polar surface area (TPSA) is 89.3 Å². The molecule has 2 aromatic rings. The van der Waals surface area contributed by atoms with Crippen LogP contribution >= 0.6 is 0 Å². The smallest absolute Gasteiger partial charge is 0.269 e. The molecule has 152 valence electrons. The van der Waals surface area contributed by atoms with E-state index in [0.29, 0.717) is 11.6 Å². The van der Waals surface area contributed by atoms with Crippen LogP contribution < -0.4 is 4.72 Å². The molecule has 0 spiro atoms. The van der Waals surface area contributed by atoms with Gasteiger partial charge in [-0.05, 0) is 91.5 Å². The summed E-state index contributed by atoms with van der Waals surface area (Å²) in [6.45, 7) is 0. The Balaban J connectivity index is 1.32. The van der Waals surface area contributed by atoms with Crippen molar-refractivity contribution >= 4 is 21.4 Å². The van der Waals surface area contributed by atoms with Gasteiger partial charge in [0, 0.05) is 17.8 Å². The van der Waals surface area contributed by atoms with Crippen molar-refractivity contribution in [3.63, 3.8) is 0 Å². The summed E-state index contributed by atoms with van der Waals surface area (Å²) in [6.07, 6.45) is 6.85. The standard InChI is InChI=1S/C22H24N2O4S/c25-24(26)20-5-7-21(8-6-20)29(27,28)23-19-3-1-16(2-4-19)22-17-10-14-9-15(12-17)13-18(22)11-14/h1-8,14-15,17-18,22-23H,9-13H2. The highest BCUT2D eigenvalue weighted by atomic mass is 32.2. The lowest BCUT2D eigenvalue weighted by atomic mass is 9.51. The summed E-state index contributed by atoms with van der Waals surface area (Å²) in [7, 11) is -3.78. The molecule has 0 atom stereocenters. The summed E-state index contributed by atoms with van der Waals surface area (Å²) in [5.74, 6) is 4.05. The van der Waals surface area contributed by atoms with Gasteiger partial charge in [0.25, 0.3) is 15.7 Å². The lowest BCUT2D eigenvalue weighted by Crippen LogP contribution is -2.43. The first-order chi connectivity index (χ1) is 13.9. The summed E-state index contributed by atoms with van der Waals surface area (Å²) < 4.78 is 27.8. The van der Waals surface area contributed by atoms with Gasteiger partial charge >= 0.3 is 0 Å². The second-order valence-electron chi connectivity index (χ2n) is 8.94. The van der Waals surface area contributed by atoms with E-state index >= 15 is 0 Å². The van der Waals surface area contributed by atoms with Crippen LogP contribution in [0.1, 0.15) is 43.6 Å². The third-order valence-electron chi connectivity index (χ3n) is 7.13. The summed E-state index contributed by atoms with van der Waals surface area (Å²) in [5.41, 5.74) is 1.71. The molecule has 4 aliphatic rings. The zero-order valence-corrected chi connectivity index (χ0v) is 16.8. The van der Waals surface area contributed by atoms with E-state index in [9.17, 15) is 18.5 Å². The molecule has 0 amide bonds. The second-order valence-corrected chi connectivity index (χ2v) is 10.6. The van der Waals surface area contributed by atoms with E-state index in [2.05, 4.69) is 16.9 Å². The second kappa shape index (κ2) is 6.83. The molecule has 0 aliphatic heterocycles. The number of nitrogens with one attached hydrogen (secondary N) is 1. The fourth-order valence-electron chi connectivity index (χ4n) is 6.20. The summed E-state index contributed by atoms with van der Waals surface area (Å²) in [4.78, 5) is 10.2. The molecule has 1 N–H and O–H groups in total. The molecular formula is C22H24N2O4S. The van der Waals surface area contributed by atoms with Gasteiger partial charge in [-0.3, -0.25) is 14.8 Å². The highest BCUT2D eigenvalue weighted by Gasteiger charge is 2.48. The van der Waals surface area contributed by atoms with E-state index in [-0.39, 0.29) is 10.6 Å². The number of benzene rings is 2. The van der Waals surface area contributed by atoms with E-state index in [4.69, 9.17) is 0 Å². The van der Waals surface area contributed by atoms with Crippen LogP contribution in [0.25, 0.3) is 0 Å². The lowest BCUT2D eigenvalue weighted by molar-refractivity contribution is -0.384. The van der Waals surface area contributed by atoms with Crippen molar-refractivity contribution in [3.05, 3.63) is 64.2 Å². The molecule has 4 aliphatic carbocycles. The SMILES string of the molecule is O=[N+]([O-])c1ccc(S(=O)(=O)Nc2ccc(C3C4CC5CC(C4)CC3C5)cc2)cc1. The van der Waals surface area contributed by atoms with E-state index in [1.165, 1.54) is 61.9 Å². The molecule has 4 fully saturated rings. The van der Waals surface area contributed by atoms with Crippen LogP contribution in [0.2, 0.25) is 0 Å². The third kappa shape index (κ3) is 3.41. The minimum atomic E-state index is -3.78. The normalized spacial score (nSPS) is 30.3. The Morgan fingerprint density at radius 1 is 0.828 bits per heavy atom. The summed E-state index contributed by atoms with van der Waals surface area (Å²) >= 11 is 0. The van der Waals surface area contributed by atoms with Crippen molar-refractivity contribution in [2.45, 2.75) is 42.9 Å². The number of non-ortho nitro benzene ring substituents is 1. The Bertz CT molecular complexity index is 1000. The van der Waals surface area contributed by atoms with Crippen molar-refractivity contribution in [1.29, 1.82) is 0 Å². The quantitative estimate of drug-likeness (QED) is 0.557. The Morgan fingerprint density at radius 2 is 1.38 bits per heavy atom. The monoisotopic (exact) mass is 412 g/mol. The first-order valence-corrected chi connectivity index (χ1v) is 11.7. The maximum atomic E-state index is 12.6. The number of hydrogen-bond acceptors (Lipinski definition) is 4. The highest BCUT2D eigenvalue weighted by Crippen LogP contribution is 2.59. The minimum absolute atomic E-state index is 0.00761. The number of rotatable bonds is 5. The Labute approximate surface area is 170 Å². The van der Waals surface area contributed by atoms with Gasteiger partial charge in [0.15, 0.2) is 0 Å². The van der Waals surface area contributed by atoms with Gasteiger partial charge in [0.05, 0.1) is 9.82 Å². The van der Waals surface area contributed by atoms with Gasteiger partial charge in [-0.1, -0.05) is 12.1 Å². The van der Waals surface area contributed by atoms with Crippen molar-refractivity contribution in [1.82, 2.24) is 0 Å². The molecule has 0 radical (unpaired) electrons. The van der Waals surface area contributed by atoms with Crippen LogP contribution in [-0.4, -0.2) is 13.3 Å². The highest BCUT2D eigenvalue weighted by molar-refractivity contribution is 7.92. The van der Waals surface area contributed by atoms with Crippen molar-refractivity contribution < 1.29 is 13.3 Å². The van der Waals surface area contributed by atoms with Crippen LogP contribution in [0.15, 0.2) is 53.4 Å². The maximum absolute atomic E-state index is 12.6. The van der Waals surface area contributed by atoms with Gasteiger partial charge in [0.2, 0.25) is 0 Å². The van der Waals surface area contributed by atoms with Crippen molar-refractivity contribution in [2.24, 2.45) is 23.7 Å². The third-order valence-corrected chi connectivity index (χ3v) is 8.53. The van der Waals surface area contributed by atoms with E-state index < -0.39 is 14.9 Å². The molecule has 0 unspecified atom stereocenters. The Kier molecular flexibility index (Phi) is 4.38. The zero-order chi connectivity index (χ0) is 20.2. The fraction of sp³-hybridized carbons (Fsp3) is 0.455. The van der Waals surface area contributed by atoms with Gasteiger partial charge in [-0.2, -0.15) is 0 Å². The van der Waals surface area contributed by atoms with Crippen molar-refractivity contribution in [3.8, 4) is 0 Å². The van der Waals surface area contributed by atoms with E-state index in [1.807, 2.05) is 12.1 Å². The number of anilines is 1.